The van der Waals surface area contributed by atoms with Crippen molar-refractivity contribution in [1.82, 2.24) is 0 Å². The van der Waals surface area contributed by atoms with Gasteiger partial charge >= 0.3 is 0 Å². The third-order valence-electron chi connectivity index (χ3n) is 2.88. The van der Waals surface area contributed by atoms with Crippen molar-refractivity contribution in [2.45, 2.75) is 38.7 Å². The molecule has 1 aliphatic rings. The summed E-state index contributed by atoms with van der Waals surface area (Å²) in [4.78, 5) is 0. The van der Waals surface area contributed by atoms with E-state index in [0.29, 0.717) is 13.0 Å². The molecule has 0 amide bonds. The van der Waals surface area contributed by atoms with E-state index in [-0.39, 0.29) is 11.5 Å². The van der Waals surface area contributed by atoms with Crippen LogP contribution in [-0.2, 0) is 5.41 Å². The quantitative estimate of drug-likeness (QED) is 0.707. The van der Waals surface area contributed by atoms with Crippen molar-refractivity contribution >= 4 is 0 Å². The average Bonchev–Trinajstić information content (AvgIpc) is 2.16. The van der Waals surface area contributed by atoms with Gasteiger partial charge in [0.2, 0.25) is 0 Å². The van der Waals surface area contributed by atoms with Crippen LogP contribution in [-0.4, -0.2) is 11.7 Å². The van der Waals surface area contributed by atoms with Crippen LogP contribution in [0.4, 0.5) is 0 Å². The molecule has 0 aliphatic carbocycles. The van der Waals surface area contributed by atoms with Gasteiger partial charge in [-0.15, -0.1) is 0 Å². The van der Waals surface area contributed by atoms with Gasteiger partial charge in [0.15, 0.2) is 0 Å². The molecule has 1 N–H and O–H groups in total. The molecule has 0 bridgehead atoms. The molecule has 2 nitrogen and oxygen atoms in total. The van der Waals surface area contributed by atoms with Gasteiger partial charge in [0.1, 0.15) is 5.75 Å². The summed E-state index contributed by atoms with van der Waals surface area (Å²) in [5.74, 6) is 0.835. The Balaban J connectivity index is 2.44. The van der Waals surface area contributed by atoms with Crippen LogP contribution < -0.4 is 4.74 Å². The van der Waals surface area contributed by atoms with Gasteiger partial charge in [-0.3, -0.25) is 0 Å². The zero-order valence-electron chi connectivity index (χ0n) is 9.58. The molecule has 0 saturated heterocycles. The number of hydrogen-bond acceptors (Lipinski definition) is 2. The summed E-state index contributed by atoms with van der Waals surface area (Å²) >= 11 is 0. The molecule has 1 aromatic carbocycles. The van der Waals surface area contributed by atoms with Crippen LogP contribution in [0.3, 0.4) is 0 Å². The number of rotatable bonds is 0. The van der Waals surface area contributed by atoms with E-state index in [1.54, 1.807) is 0 Å². The van der Waals surface area contributed by atoms with E-state index in [4.69, 9.17) is 4.74 Å². The highest BCUT2D eigenvalue weighted by Crippen LogP contribution is 2.35. The maximum absolute atomic E-state index is 9.87. The van der Waals surface area contributed by atoms with Crippen LogP contribution in [0.25, 0.3) is 0 Å². The molecule has 1 aliphatic heterocycles. The Morgan fingerprint density at radius 1 is 1.33 bits per heavy atom. The van der Waals surface area contributed by atoms with Crippen LogP contribution in [0.5, 0.6) is 5.75 Å². The van der Waals surface area contributed by atoms with E-state index in [0.717, 1.165) is 11.3 Å². The Labute approximate surface area is 90.9 Å². The maximum Gasteiger partial charge on any atom is 0.125 e. The molecule has 0 radical (unpaired) electrons. The first-order chi connectivity index (χ1) is 6.98. The highest BCUT2D eigenvalue weighted by Gasteiger charge is 2.22. The van der Waals surface area contributed by atoms with Gasteiger partial charge in [-0.25, -0.2) is 0 Å². The lowest BCUT2D eigenvalue weighted by Crippen LogP contribution is -2.17. The molecule has 0 aromatic heterocycles. The third kappa shape index (κ3) is 2.00. The van der Waals surface area contributed by atoms with Gasteiger partial charge in [-0.05, 0) is 23.1 Å². The number of ether oxygens (including phenoxy) is 1. The molecule has 1 aromatic rings. The maximum atomic E-state index is 9.87. The number of benzene rings is 1. The van der Waals surface area contributed by atoms with Crippen molar-refractivity contribution in [2.75, 3.05) is 6.61 Å². The summed E-state index contributed by atoms with van der Waals surface area (Å²) in [7, 11) is 0. The normalized spacial score (nSPS) is 20.7. The number of aliphatic hydroxyl groups excluding tert-OH is 1. The standard InChI is InChI=1S/C13H18O2/c1-13(2,3)9-4-5-12-10(8-9)11(14)6-7-15-12/h4-5,8,11,14H,6-7H2,1-3H3/t11-/m0/s1. The lowest BCUT2D eigenvalue weighted by molar-refractivity contribution is 0.115. The van der Waals surface area contributed by atoms with Gasteiger partial charge in [-0.1, -0.05) is 26.8 Å². The highest BCUT2D eigenvalue weighted by molar-refractivity contribution is 5.42. The van der Waals surface area contributed by atoms with Gasteiger partial charge in [0, 0.05) is 12.0 Å². The highest BCUT2D eigenvalue weighted by atomic mass is 16.5. The predicted octanol–water partition coefficient (Wildman–Crippen LogP) is 2.80. The van der Waals surface area contributed by atoms with Gasteiger partial charge in [0.05, 0.1) is 12.7 Å². The first-order valence-corrected chi connectivity index (χ1v) is 5.44. The van der Waals surface area contributed by atoms with Crippen molar-refractivity contribution in [3.05, 3.63) is 29.3 Å². The van der Waals surface area contributed by atoms with E-state index in [1.165, 1.54) is 5.56 Å². The monoisotopic (exact) mass is 206 g/mol. The minimum absolute atomic E-state index is 0.117. The van der Waals surface area contributed by atoms with Crippen molar-refractivity contribution in [3.63, 3.8) is 0 Å². The summed E-state index contributed by atoms with van der Waals surface area (Å²) in [6.45, 7) is 7.13. The fraction of sp³-hybridized carbons (Fsp3) is 0.538. The average molecular weight is 206 g/mol. The molecule has 0 spiro atoms. The van der Waals surface area contributed by atoms with Crippen molar-refractivity contribution in [3.8, 4) is 5.75 Å². The zero-order valence-corrected chi connectivity index (χ0v) is 9.58. The molecular formula is C13H18O2. The molecule has 1 atom stereocenters. The molecule has 82 valence electrons. The Kier molecular flexibility index (Phi) is 2.47. The second-order valence-electron chi connectivity index (χ2n) is 5.16. The number of aliphatic hydroxyl groups is 1. The summed E-state index contributed by atoms with van der Waals surface area (Å²) < 4.78 is 5.50. The molecule has 1 heterocycles. The summed E-state index contributed by atoms with van der Waals surface area (Å²) in [6.07, 6.45) is 0.330. The Morgan fingerprint density at radius 3 is 2.73 bits per heavy atom. The van der Waals surface area contributed by atoms with Gasteiger partial charge in [-0.2, -0.15) is 0 Å². The smallest absolute Gasteiger partial charge is 0.125 e. The molecule has 15 heavy (non-hydrogen) atoms. The van der Waals surface area contributed by atoms with Gasteiger partial charge < -0.3 is 9.84 Å². The molecule has 0 saturated carbocycles. The van der Waals surface area contributed by atoms with Crippen LogP contribution in [0, 0.1) is 0 Å². The van der Waals surface area contributed by atoms with Gasteiger partial charge in [0.25, 0.3) is 0 Å². The first kappa shape index (κ1) is 10.5. The van der Waals surface area contributed by atoms with Crippen molar-refractivity contribution in [2.24, 2.45) is 0 Å². The van der Waals surface area contributed by atoms with Crippen LogP contribution in [0.1, 0.15) is 44.4 Å². The second kappa shape index (κ2) is 3.53. The molecule has 0 unspecified atom stereocenters. The topological polar surface area (TPSA) is 29.5 Å². The van der Waals surface area contributed by atoms with Crippen molar-refractivity contribution < 1.29 is 9.84 Å². The minimum Gasteiger partial charge on any atom is -0.493 e. The SMILES string of the molecule is CC(C)(C)c1ccc2c(c1)[C@@H](O)CCO2. The van der Waals surface area contributed by atoms with Crippen LogP contribution in [0.2, 0.25) is 0 Å². The largest absolute Gasteiger partial charge is 0.493 e. The van der Waals surface area contributed by atoms with E-state index in [2.05, 4.69) is 32.9 Å². The Bertz CT molecular complexity index is 363. The number of fused-ring (bicyclic) bond motifs is 1. The lowest BCUT2D eigenvalue weighted by Gasteiger charge is -2.26. The molecule has 2 heteroatoms. The van der Waals surface area contributed by atoms with E-state index in [1.807, 2.05) is 6.07 Å². The van der Waals surface area contributed by atoms with E-state index in [9.17, 15) is 5.11 Å². The van der Waals surface area contributed by atoms with Crippen LogP contribution in [0.15, 0.2) is 18.2 Å². The lowest BCUT2D eigenvalue weighted by atomic mass is 9.85. The molecule has 2 rings (SSSR count). The second-order valence-corrected chi connectivity index (χ2v) is 5.16. The Hall–Kier alpha value is -1.02. The number of hydrogen-bond donors (Lipinski definition) is 1. The van der Waals surface area contributed by atoms with E-state index >= 15 is 0 Å². The Morgan fingerprint density at radius 2 is 2.07 bits per heavy atom. The summed E-state index contributed by atoms with van der Waals surface area (Å²) in [5.41, 5.74) is 2.30. The first-order valence-electron chi connectivity index (χ1n) is 5.44. The fourth-order valence-corrected chi connectivity index (χ4v) is 1.84. The predicted molar refractivity (Wildman–Crippen MR) is 60.2 cm³/mol. The third-order valence-corrected chi connectivity index (χ3v) is 2.88. The zero-order chi connectivity index (χ0) is 11.1. The molecule has 0 fully saturated rings. The fourth-order valence-electron chi connectivity index (χ4n) is 1.84. The minimum atomic E-state index is -0.365. The van der Waals surface area contributed by atoms with Crippen LogP contribution >= 0.6 is 0 Å². The molecular weight excluding hydrogens is 188 g/mol. The summed E-state index contributed by atoms with van der Waals surface area (Å²) in [6, 6.07) is 6.12. The van der Waals surface area contributed by atoms with Crippen molar-refractivity contribution in [1.29, 1.82) is 0 Å². The summed E-state index contributed by atoms with van der Waals surface area (Å²) in [5, 5.41) is 9.87. The van der Waals surface area contributed by atoms with E-state index < -0.39 is 0 Å².